The van der Waals surface area contributed by atoms with Gasteiger partial charge in [0.05, 0.1) is 18.2 Å². The highest BCUT2D eigenvalue weighted by atomic mass is 16.5. The maximum absolute atomic E-state index is 12.1. The van der Waals surface area contributed by atoms with E-state index >= 15 is 0 Å². The van der Waals surface area contributed by atoms with Gasteiger partial charge in [-0.25, -0.2) is 4.79 Å². The molecule has 0 atom stereocenters. The van der Waals surface area contributed by atoms with Gasteiger partial charge < -0.3 is 4.74 Å². The summed E-state index contributed by atoms with van der Waals surface area (Å²) in [7, 11) is 0. The Balaban J connectivity index is 2.63. The number of aromatic nitrogens is 1. The normalized spacial score (nSPS) is 9.95. The molecule has 1 aromatic heterocycles. The molecule has 0 spiro atoms. The summed E-state index contributed by atoms with van der Waals surface area (Å²) in [5.74, 6) is 0. The first-order valence-corrected chi connectivity index (χ1v) is 6.48. The highest BCUT2D eigenvalue weighted by Gasteiger charge is 2.14. The Kier molecular flexibility index (Phi) is 4.19. The van der Waals surface area contributed by atoms with E-state index in [1.807, 2.05) is 6.07 Å². The zero-order valence-corrected chi connectivity index (χ0v) is 11.8. The van der Waals surface area contributed by atoms with Crippen LogP contribution in [-0.4, -0.2) is 17.3 Å². The van der Waals surface area contributed by atoms with Gasteiger partial charge in [0.2, 0.25) is 0 Å². The molecule has 0 aliphatic rings. The molecule has 1 aromatic carbocycles. The minimum Gasteiger partial charge on any atom is -0.449 e. The smallest absolute Gasteiger partial charge is 0.418 e. The predicted octanol–water partition coefficient (Wildman–Crippen LogP) is 2.70. The Labute approximate surface area is 122 Å². The number of carbonyl (C=O) groups excluding carboxylic acids is 1. The van der Waals surface area contributed by atoms with Crippen LogP contribution >= 0.6 is 0 Å². The standard InChI is InChI=1S/C16H14N2O3/c1-3-21-16(20)18-8-7-14(19)15(11(18)2)13-6-4-5-12(9-13)10-17/h4-9H,3H2,1-2H3. The maximum atomic E-state index is 12.1. The van der Waals surface area contributed by atoms with Gasteiger partial charge in [-0.1, -0.05) is 12.1 Å². The molecule has 0 bridgehead atoms. The van der Waals surface area contributed by atoms with Gasteiger partial charge in [0.25, 0.3) is 0 Å². The van der Waals surface area contributed by atoms with Crippen LogP contribution in [0.15, 0.2) is 41.3 Å². The summed E-state index contributed by atoms with van der Waals surface area (Å²) < 4.78 is 6.24. The molecule has 0 saturated carbocycles. The lowest BCUT2D eigenvalue weighted by Crippen LogP contribution is -2.20. The average Bonchev–Trinajstić information content (AvgIpc) is 2.48. The van der Waals surface area contributed by atoms with Crippen LogP contribution < -0.4 is 5.43 Å². The van der Waals surface area contributed by atoms with Crippen LogP contribution in [0.1, 0.15) is 18.2 Å². The maximum Gasteiger partial charge on any atom is 0.418 e. The molecular weight excluding hydrogens is 268 g/mol. The van der Waals surface area contributed by atoms with Gasteiger partial charge in [0, 0.05) is 23.5 Å². The van der Waals surface area contributed by atoms with Crippen LogP contribution in [0.4, 0.5) is 4.79 Å². The molecular formula is C16H14N2O3. The van der Waals surface area contributed by atoms with Gasteiger partial charge in [-0.2, -0.15) is 5.26 Å². The van der Waals surface area contributed by atoms with Gasteiger partial charge in [-0.05, 0) is 31.5 Å². The van der Waals surface area contributed by atoms with E-state index in [-0.39, 0.29) is 12.0 Å². The van der Waals surface area contributed by atoms with E-state index in [2.05, 4.69) is 0 Å². The summed E-state index contributed by atoms with van der Waals surface area (Å²) in [4.78, 5) is 24.0. The van der Waals surface area contributed by atoms with E-state index in [1.54, 1.807) is 38.1 Å². The summed E-state index contributed by atoms with van der Waals surface area (Å²) in [6.45, 7) is 3.64. The van der Waals surface area contributed by atoms with Gasteiger partial charge >= 0.3 is 6.09 Å². The van der Waals surface area contributed by atoms with Crippen molar-refractivity contribution in [3.05, 3.63) is 58.0 Å². The SMILES string of the molecule is CCOC(=O)n1ccc(=O)c(-c2cccc(C#N)c2)c1C. The molecule has 0 unspecified atom stereocenters. The Morgan fingerprint density at radius 1 is 1.38 bits per heavy atom. The Morgan fingerprint density at radius 2 is 2.14 bits per heavy atom. The fraction of sp³-hybridized carbons (Fsp3) is 0.188. The van der Waals surface area contributed by atoms with Crippen molar-refractivity contribution in [3.63, 3.8) is 0 Å². The fourth-order valence-electron chi connectivity index (χ4n) is 2.12. The van der Waals surface area contributed by atoms with E-state index in [0.717, 1.165) is 0 Å². The Bertz CT molecular complexity index is 785. The molecule has 5 heteroatoms. The second-order valence-corrected chi connectivity index (χ2v) is 4.40. The Hall–Kier alpha value is -2.87. The van der Waals surface area contributed by atoms with Crippen molar-refractivity contribution in [2.75, 3.05) is 6.61 Å². The number of hydrogen-bond acceptors (Lipinski definition) is 4. The average molecular weight is 282 g/mol. The molecule has 2 aromatic rings. The predicted molar refractivity (Wildman–Crippen MR) is 78.0 cm³/mol. The van der Waals surface area contributed by atoms with Crippen LogP contribution in [-0.2, 0) is 4.74 Å². The molecule has 0 fully saturated rings. The van der Waals surface area contributed by atoms with Crippen LogP contribution in [0.5, 0.6) is 0 Å². The molecule has 2 rings (SSSR count). The monoisotopic (exact) mass is 282 g/mol. The first-order chi connectivity index (χ1) is 10.1. The minimum atomic E-state index is -0.535. The van der Waals surface area contributed by atoms with Gasteiger partial charge in [0.1, 0.15) is 0 Å². The minimum absolute atomic E-state index is 0.205. The molecule has 0 N–H and O–H groups in total. The summed E-state index contributed by atoms with van der Waals surface area (Å²) in [6.07, 6.45) is 0.862. The highest BCUT2D eigenvalue weighted by molar-refractivity contribution is 5.76. The number of ether oxygens (including phenoxy) is 1. The van der Waals surface area contributed by atoms with E-state index in [4.69, 9.17) is 10.00 Å². The highest BCUT2D eigenvalue weighted by Crippen LogP contribution is 2.20. The van der Waals surface area contributed by atoms with Crippen LogP contribution in [0.3, 0.4) is 0 Å². The number of carbonyl (C=O) groups is 1. The number of nitriles is 1. The van der Waals surface area contributed by atoms with Crippen molar-refractivity contribution < 1.29 is 9.53 Å². The largest absolute Gasteiger partial charge is 0.449 e. The first-order valence-electron chi connectivity index (χ1n) is 6.48. The summed E-state index contributed by atoms with van der Waals surface area (Å²) in [6, 6.07) is 10.1. The molecule has 0 aliphatic heterocycles. The Morgan fingerprint density at radius 3 is 2.81 bits per heavy atom. The number of pyridine rings is 1. The third kappa shape index (κ3) is 2.84. The van der Waals surface area contributed by atoms with Crippen LogP contribution in [0.2, 0.25) is 0 Å². The van der Waals surface area contributed by atoms with Gasteiger partial charge in [0.15, 0.2) is 5.43 Å². The molecule has 0 amide bonds. The summed E-state index contributed by atoms with van der Waals surface area (Å²) in [5.41, 5.74) is 1.73. The first kappa shape index (κ1) is 14.5. The lowest BCUT2D eigenvalue weighted by Gasteiger charge is -2.12. The topological polar surface area (TPSA) is 72.1 Å². The van der Waals surface area contributed by atoms with Gasteiger partial charge in [-0.15, -0.1) is 0 Å². The van der Waals surface area contributed by atoms with Crippen LogP contribution in [0, 0.1) is 18.3 Å². The van der Waals surface area contributed by atoms with Crippen molar-refractivity contribution in [2.45, 2.75) is 13.8 Å². The lowest BCUT2D eigenvalue weighted by atomic mass is 10.0. The molecule has 0 aliphatic carbocycles. The molecule has 0 radical (unpaired) electrons. The fourth-order valence-corrected chi connectivity index (χ4v) is 2.12. The van der Waals surface area contributed by atoms with Crippen molar-refractivity contribution in [1.29, 1.82) is 5.26 Å². The molecule has 1 heterocycles. The molecule has 5 nitrogen and oxygen atoms in total. The number of hydrogen-bond donors (Lipinski definition) is 0. The van der Waals surface area contributed by atoms with Crippen molar-refractivity contribution in [1.82, 2.24) is 4.57 Å². The number of rotatable bonds is 2. The second kappa shape index (κ2) is 6.06. The number of benzene rings is 1. The van der Waals surface area contributed by atoms with Crippen molar-refractivity contribution in [3.8, 4) is 17.2 Å². The molecule has 0 saturated heterocycles. The van der Waals surface area contributed by atoms with Gasteiger partial charge in [-0.3, -0.25) is 9.36 Å². The van der Waals surface area contributed by atoms with E-state index in [1.165, 1.54) is 16.8 Å². The second-order valence-electron chi connectivity index (χ2n) is 4.40. The van der Waals surface area contributed by atoms with E-state index in [9.17, 15) is 9.59 Å². The lowest BCUT2D eigenvalue weighted by molar-refractivity contribution is 0.153. The van der Waals surface area contributed by atoms with E-state index < -0.39 is 6.09 Å². The summed E-state index contributed by atoms with van der Waals surface area (Å²) in [5, 5.41) is 8.95. The molecule has 106 valence electrons. The van der Waals surface area contributed by atoms with E-state index in [0.29, 0.717) is 22.4 Å². The third-order valence-corrected chi connectivity index (χ3v) is 3.09. The zero-order valence-electron chi connectivity index (χ0n) is 11.8. The molecule has 21 heavy (non-hydrogen) atoms. The van der Waals surface area contributed by atoms with Crippen molar-refractivity contribution in [2.24, 2.45) is 0 Å². The van der Waals surface area contributed by atoms with Crippen molar-refractivity contribution >= 4 is 6.09 Å². The zero-order chi connectivity index (χ0) is 15.4. The van der Waals surface area contributed by atoms with Crippen LogP contribution in [0.25, 0.3) is 11.1 Å². The quantitative estimate of drug-likeness (QED) is 0.849. The third-order valence-electron chi connectivity index (χ3n) is 3.09. The number of nitrogens with zero attached hydrogens (tertiary/aromatic N) is 2. The summed E-state index contributed by atoms with van der Waals surface area (Å²) >= 11 is 0.